The number of hydrogen-bond acceptors (Lipinski definition) is 2. The molecule has 0 aliphatic rings. The smallest absolute Gasteiger partial charge is 0.168 e. The number of aryl methyl sites for hydroxylation is 2. The van der Waals surface area contributed by atoms with E-state index in [1.54, 1.807) is 29.8 Å². The van der Waals surface area contributed by atoms with Crippen molar-refractivity contribution in [2.24, 2.45) is 0 Å². The summed E-state index contributed by atoms with van der Waals surface area (Å²) in [5.74, 6) is -0.237. The number of carbonyl (C=O) groups excluding carboxylic acids is 1. The number of halogens is 1. The molecule has 0 amide bonds. The molecule has 0 bridgehead atoms. The van der Waals surface area contributed by atoms with Crippen LogP contribution < -0.4 is 0 Å². The summed E-state index contributed by atoms with van der Waals surface area (Å²) in [4.78, 5) is 10.8. The van der Waals surface area contributed by atoms with Crippen molar-refractivity contribution in [1.29, 1.82) is 0 Å². The van der Waals surface area contributed by atoms with Crippen molar-refractivity contribution in [3.63, 3.8) is 0 Å². The first kappa shape index (κ1) is 11.5. The van der Waals surface area contributed by atoms with E-state index in [0.29, 0.717) is 23.5 Å². The average Bonchev–Trinajstić information content (AvgIpc) is 2.75. The van der Waals surface area contributed by atoms with E-state index >= 15 is 0 Å². The largest absolute Gasteiger partial charge is 0.296 e. The molecule has 0 atom stereocenters. The summed E-state index contributed by atoms with van der Waals surface area (Å²) in [7, 11) is 0. The number of rotatable bonds is 3. The summed E-state index contributed by atoms with van der Waals surface area (Å²) in [6.07, 6.45) is 0.774. The van der Waals surface area contributed by atoms with Gasteiger partial charge in [-0.3, -0.25) is 9.48 Å². The van der Waals surface area contributed by atoms with Gasteiger partial charge in [-0.25, -0.2) is 4.39 Å². The molecule has 0 aliphatic heterocycles. The van der Waals surface area contributed by atoms with Gasteiger partial charge >= 0.3 is 0 Å². The zero-order chi connectivity index (χ0) is 12.4. The van der Waals surface area contributed by atoms with Gasteiger partial charge in [0.2, 0.25) is 0 Å². The Kier molecular flexibility index (Phi) is 3.04. The molecule has 1 heterocycles. The lowest BCUT2D eigenvalue weighted by Crippen LogP contribution is -2.01. The van der Waals surface area contributed by atoms with Gasteiger partial charge in [0, 0.05) is 12.1 Å². The van der Waals surface area contributed by atoms with Crippen LogP contribution in [0.5, 0.6) is 0 Å². The van der Waals surface area contributed by atoms with Crippen LogP contribution in [0.2, 0.25) is 0 Å². The standard InChI is InChI=1S/C13H13FN2O/c1-3-16-11(8-17)7-13(15-16)10-4-5-12(14)9(2)6-10/h4-8H,3H2,1-2H3. The molecule has 17 heavy (non-hydrogen) atoms. The van der Waals surface area contributed by atoms with Gasteiger partial charge in [-0.05, 0) is 43.7 Å². The highest BCUT2D eigenvalue weighted by Gasteiger charge is 2.09. The maximum absolute atomic E-state index is 13.1. The van der Waals surface area contributed by atoms with Gasteiger partial charge in [-0.2, -0.15) is 5.10 Å². The Bertz CT molecular complexity index is 561. The fourth-order valence-corrected chi connectivity index (χ4v) is 1.72. The van der Waals surface area contributed by atoms with E-state index in [1.165, 1.54) is 6.07 Å². The van der Waals surface area contributed by atoms with Gasteiger partial charge in [-0.1, -0.05) is 0 Å². The minimum Gasteiger partial charge on any atom is -0.296 e. The summed E-state index contributed by atoms with van der Waals surface area (Å²) < 4.78 is 14.8. The fourth-order valence-electron chi connectivity index (χ4n) is 1.72. The molecule has 3 nitrogen and oxygen atoms in total. The van der Waals surface area contributed by atoms with Crippen molar-refractivity contribution in [2.45, 2.75) is 20.4 Å². The SMILES string of the molecule is CCn1nc(-c2ccc(F)c(C)c2)cc1C=O. The molecular formula is C13H13FN2O. The Balaban J connectivity index is 2.49. The maximum Gasteiger partial charge on any atom is 0.168 e. The lowest BCUT2D eigenvalue weighted by Gasteiger charge is -2.00. The van der Waals surface area contributed by atoms with Crippen LogP contribution >= 0.6 is 0 Å². The first-order chi connectivity index (χ1) is 8.15. The average molecular weight is 232 g/mol. The Labute approximate surface area is 98.9 Å². The highest BCUT2D eigenvalue weighted by Crippen LogP contribution is 2.21. The summed E-state index contributed by atoms with van der Waals surface area (Å²) >= 11 is 0. The van der Waals surface area contributed by atoms with E-state index in [9.17, 15) is 9.18 Å². The molecule has 2 aromatic rings. The maximum atomic E-state index is 13.1. The van der Waals surface area contributed by atoms with Gasteiger partial charge in [0.25, 0.3) is 0 Å². The number of aromatic nitrogens is 2. The second-order valence-corrected chi connectivity index (χ2v) is 3.85. The van der Waals surface area contributed by atoms with Gasteiger partial charge in [0.05, 0.1) is 5.69 Å². The van der Waals surface area contributed by atoms with Crippen molar-refractivity contribution in [3.8, 4) is 11.3 Å². The lowest BCUT2D eigenvalue weighted by molar-refractivity contribution is 0.111. The molecule has 0 saturated carbocycles. The minimum atomic E-state index is -0.237. The molecule has 1 aromatic heterocycles. The Morgan fingerprint density at radius 1 is 1.41 bits per heavy atom. The van der Waals surface area contributed by atoms with Crippen molar-refractivity contribution in [3.05, 3.63) is 41.3 Å². The van der Waals surface area contributed by atoms with E-state index < -0.39 is 0 Å². The summed E-state index contributed by atoms with van der Waals surface area (Å²) in [5, 5.41) is 4.30. The molecule has 0 saturated heterocycles. The quantitative estimate of drug-likeness (QED) is 0.763. The van der Waals surface area contributed by atoms with Crippen molar-refractivity contribution >= 4 is 6.29 Å². The summed E-state index contributed by atoms with van der Waals surface area (Å²) in [5.41, 5.74) is 2.61. The summed E-state index contributed by atoms with van der Waals surface area (Å²) in [6, 6.07) is 6.52. The molecule has 0 radical (unpaired) electrons. The Hall–Kier alpha value is -1.97. The number of aldehydes is 1. The van der Waals surface area contributed by atoms with E-state index in [4.69, 9.17) is 0 Å². The van der Waals surface area contributed by atoms with Crippen LogP contribution in [0.15, 0.2) is 24.3 Å². The molecule has 2 rings (SSSR count). The lowest BCUT2D eigenvalue weighted by atomic mass is 10.1. The third-order valence-corrected chi connectivity index (χ3v) is 2.69. The predicted molar refractivity (Wildman–Crippen MR) is 63.4 cm³/mol. The molecule has 0 unspecified atom stereocenters. The van der Waals surface area contributed by atoms with Crippen LogP contribution in [0.3, 0.4) is 0 Å². The van der Waals surface area contributed by atoms with Crippen LogP contribution in [0, 0.1) is 12.7 Å². The number of hydrogen-bond donors (Lipinski definition) is 0. The zero-order valence-corrected chi connectivity index (χ0v) is 9.77. The van der Waals surface area contributed by atoms with Crippen LogP contribution in [-0.2, 0) is 6.54 Å². The summed E-state index contributed by atoms with van der Waals surface area (Å²) in [6.45, 7) is 4.25. The first-order valence-corrected chi connectivity index (χ1v) is 5.45. The second-order valence-electron chi connectivity index (χ2n) is 3.85. The number of nitrogens with zero attached hydrogens (tertiary/aromatic N) is 2. The molecule has 0 aliphatic carbocycles. The van der Waals surface area contributed by atoms with E-state index in [-0.39, 0.29) is 5.82 Å². The molecule has 4 heteroatoms. The monoisotopic (exact) mass is 232 g/mol. The second kappa shape index (κ2) is 4.49. The van der Waals surface area contributed by atoms with Crippen LogP contribution in [-0.4, -0.2) is 16.1 Å². The van der Waals surface area contributed by atoms with E-state index in [1.807, 2.05) is 6.92 Å². The highest BCUT2D eigenvalue weighted by molar-refractivity contribution is 5.76. The predicted octanol–water partition coefficient (Wildman–Crippen LogP) is 2.83. The van der Waals surface area contributed by atoms with Crippen LogP contribution in [0.1, 0.15) is 23.0 Å². The highest BCUT2D eigenvalue weighted by atomic mass is 19.1. The topological polar surface area (TPSA) is 34.9 Å². The Morgan fingerprint density at radius 2 is 2.18 bits per heavy atom. The first-order valence-electron chi connectivity index (χ1n) is 5.45. The van der Waals surface area contributed by atoms with Gasteiger partial charge < -0.3 is 0 Å². The van der Waals surface area contributed by atoms with Crippen LogP contribution in [0.25, 0.3) is 11.3 Å². The molecular weight excluding hydrogens is 219 g/mol. The van der Waals surface area contributed by atoms with Crippen molar-refractivity contribution in [1.82, 2.24) is 9.78 Å². The molecule has 0 N–H and O–H groups in total. The van der Waals surface area contributed by atoms with Gasteiger partial charge in [-0.15, -0.1) is 0 Å². The van der Waals surface area contributed by atoms with Gasteiger partial charge in [0.1, 0.15) is 11.5 Å². The van der Waals surface area contributed by atoms with E-state index in [0.717, 1.165) is 11.8 Å². The van der Waals surface area contributed by atoms with E-state index in [2.05, 4.69) is 5.10 Å². The third kappa shape index (κ3) is 2.11. The number of benzene rings is 1. The molecule has 0 fully saturated rings. The fraction of sp³-hybridized carbons (Fsp3) is 0.231. The molecule has 1 aromatic carbocycles. The number of carbonyl (C=O) groups is 1. The molecule has 0 spiro atoms. The van der Waals surface area contributed by atoms with Crippen molar-refractivity contribution < 1.29 is 9.18 Å². The third-order valence-electron chi connectivity index (χ3n) is 2.69. The minimum absolute atomic E-state index is 0.237. The van der Waals surface area contributed by atoms with Gasteiger partial charge in [0.15, 0.2) is 6.29 Å². The Morgan fingerprint density at radius 3 is 2.71 bits per heavy atom. The normalized spacial score (nSPS) is 10.5. The van der Waals surface area contributed by atoms with Crippen LogP contribution in [0.4, 0.5) is 4.39 Å². The van der Waals surface area contributed by atoms with Crippen molar-refractivity contribution in [2.75, 3.05) is 0 Å². The zero-order valence-electron chi connectivity index (χ0n) is 9.77. The molecule has 88 valence electrons.